The first-order valence-corrected chi connectivity index (χ1v) is 14.1. The van der Waals surface area contributed by atoms with Crippen LogP contribution in [0.2, 0.25) is 0 Å². The minimum absolute atomic E-state index is 0.00922. The maximum absolute atomic E-state index is 17.4. The van der Waals surface area contributed by atoms with Crippen LogP contribution in [0.4, 0.5) is 8.78 Å². The van der Waals surface area contributed by atoms with Crippen molar-refractivity contribution in [3.8, 4) is 0 Å². The van der Waals surface area contributed by atoms with Gasteiger partial charge in [0.15, 0.2) is 17.1 Å². The lowest BCUT2D eigenvalue weighted by Crippen LogP contribution is -2.70. The Labute approximate surface area is 211 Å². The van der Waals surface area contributed by atoms with Crippen molar-refractivity contribution < 1.29 is 28.6 Å². The first-order valence-electron chi connectivity index (χ1n) is 14.1. The third-order valence-electron chi connectivity index (χ3n) is 12.3. The third kappa shape index (κ3) is 2.57. The minimum atomic E-state index is -2.02. The molecule has 0 aromatic heterocycles. The van der Waals surface area contributed by atoms with Crippen molar-refractivity contribution >= 4 is 5.78 Å². The standard InChI is InChI=1S/C29H39F2NO4/c1-26-8-4-3-5-19(26)22(30)12-21-20-11-18-14-32(23-10-16-6-7-17(23)9-16)36-29(18,25(35)15-33)27(20,2)13-24(34)28(21,26)31/h4-5,8,16-18,20-24,33-34H,3,6-7,9-15H2,1-2H3. The van der Waals surface area contributed by atoms with Crippen LogP contribution in [0.25, 0.3) is 0 Å². The molecule has 12 atom stereocenters. The van der Waals surface area contributed by atoms with E-state index in [1.807, 2.05) is 18.1 Å². The summed E-state index contributed by atoms with van der Waals surface area (Å²) in [5.74, 6) is -0.344. The van der Waals surface area contributed by atoms with Gasteiger partial charge in [-0.2, -0.15) is 5.06 Å². The van der Waals surface area contributed by atoms with Crippen molar-refractivity contribution in [2.24, 2.45) is 40.4 Å². The zero-order chi connectivity index (χ0) is 25.3. The van der Waals surface area contributed by atoms with E-state index in [4.69, 9.17) is 4.84 Å². The fourth-order valence-corrected chi connectivity index (χ4v) is 10.8. The molecule has 7 heteroatoms. The molecule has 1 saturated heterocycles. The lowest BCUT2D eigenvalue weighted by atomic mass is 9.44. The van der Waals surface area contributed by atoms with E-state index in [1.165, 1.54) is 19.3 Å². The molecule has 0 aromatic rings. The Kier molecular flexibility index (Phi) is 4.98. The van der Waals surface area contributed by atoms with Gasteiger partial charge in [-0.15, -0.1) is 0 Å². The van der Waals surface area contributed by atoms with Crippen LogP contribution >= 0.6 is 0 Å². The number of aliphatic hydroxyl groups excluding tert-OH is 2. The maximum Gasteiger partial charge on any atom is 0.192 e. The highest BCUT2D eigenvalue weighted by Crippen LogP contribution is 2.73. The summed E-state index contributed by atoms with van der Waals surface area (Å²) < 4.78 is 33.1. The van der Waals surface area contributed by atoms with Gasteiger partial charge in [-0.3, -0.25) is 9.63 Å². The Hall–Kier alpha value is -1.15. The van der Waals surface area contributed by atoms with Crippen molar-refractivity contribution in [2.45, 2.75) is 94.8 Å². The van der Waals surface area contributed by atoms with Gasteiger partial charge in [-0.05, 0) is 75.2 Å². The molecule has 36 heavy (non-hydrogen) atoms. The molecule has 0 radical (unpaired) electrons. The average molecular weight is 504 g/mol. The Morgan fingerprint density at radius 1 is 1.19 bits per heavy atom. The highest BCUT2D eigenvalue weighted by atomic mass is 19.1. The SMILES string of the molecule is CC12C=CCC=C1C(F)CC1C3CC4CN(C5CC6CCC5C6)OC4(C(=O)CO)C3(C)CC(O)C12F. The number of ketones is 1. The smallest absolute Gasteiger partial charge is 0.192 e. The van der Waals surface area contributed by atoms with E-state index in [9.17, 15) is 15.0 Å². The summed E-state index contributed by atoms with van der Waals surface area (Å²) >= 11 is 0. The molecule has 6 fully saturated rings. The molecule has 1 aliphatic heterocycles. The lowest BCUT2D eigenvalue weighted by Gasteiger charge is -2.63. The molecule has 12 unspecified atom stereocenters. The molecule has 5 saturated carbocycles. The quantitative estimate of drug-likeness (QED) is 0.568. The van der Waals surface area contributed by atoms with E-state index in [1.54, 1.807) is 19.1 Å². The van der Waals surface area contributed by atoms with Gasteiger partial charge in [-0.1, -0.05) is 31.6 Å². The first-order chi connectivity index (χ1) is 17.1. The summed E-state index contributed by atoms with van der Waals surface area (Å²) in [6.07, 6.45) is 8.71. The summed E-state index contributed by atoms with van der Waals surface area (Å²) in [5.41, 5.74) is -4.98. The Bertz CT molecular complexity index is 1050. The number of allylic oxidation sites excluding steroid dienone is 4. The van der Waals surface area contributed by atoms with Crippen LogP contribution in [0, 0.1) is 40.4 Å². The van der Waals surface area contributed by atoms with Gasteiger partial charge in [0.05, 0.1) is 6.10 Å². The summed E-state index contributed by atoms with van der Waals surface area (Å²) in [6.45, 7) is 3.60. The monoisotopic (exact) mass is 503 g/mol. The van der Waals surface area contributed by atoms with Gasteiger partial charge in [0.1, 0.15) is 12.8 Å². The van der Waals surface area contributed by atoms with Gasteiger partial charge in [0, 0.05) is 35.3 Å². The van der Waals surface area contributed by atoms with Crippen molar-refractivity contribution in [1.29, 1.82) is 0 Å². The second-order valence-electron chi connectivity index (χ2n) is 13.5. The second-order valence-corrected chi connectivity index (χ2v) is 13.5. The molecular formula is C29H39F2NO4. The van der Waals surface area contributed by atoms with E-state index in [0.29, 0.717) is 30.9 Å². The topological polar surface area (TPSA) is 70.0 Å². The number of hydrogen-bond donors (Lipinski definition) is 2. The van der Waals surface area contributed by atoms with Crippen LogP contribution in [0.1, 0.15) is 65.2 Å². The first kappa shape index (κ1) is 23.9. The van der Waals surface area contributed by atoms with Crippen LogP contribution in [-0.4, -0.2) is 63.8 Å². The molecule has 7 rings (SSSR count). The van der Waals surface area contributed by atoms with Crippen LogP contribution in [0.3, 0.4) is 0 Å². The van der Waals surface area contributed by atoms with Crippen molar-refractivity contribution in [1.82, 2.24) is 5.06 Å². The molecule has 1 heterocycles. The van der Waals surface area contributed by atoms with Gasteiger partial charge < -0.3 is 10.2 Å². The predicted octanol–water partition coefficient (Wildman–Crippen LogP) is 4.09. The number of aliphatic hydroxyl groups is 2. The molecule has 198 valence electrons. The Morgan fingerprint density at radius 2 is 2.00 bits per heavy atom. The molecule has 0 amide bonds. The van der Waals surface area contributed by atoms with Gasteiger partial charge in [0.25, 0.3) is 0 Å². The number of alkyl halides is 2. The summed E-state index contributed by atoms with van der Waals surface area (Å²) in [5, 5.41) is 23.8. The van der Waals surface area contributed by atoms with E-state index in [-0.39, 0.29) is 36.5 Å². The summed E-state index contributed by atoms with van der Waals surface area (Å²) in [6, 6.07) is 0.275. The van der Waals surface area contributed by atoms with Crippen molar-refractivity contribution in [2.75, 3.05) is 13.2 Å². The number of rotatable bonds is 3. The number of nitrogens with zero attached hydrogens (tertiary/aromatic N) is 1. The molecule has 7 aliphatic rings. The zero-order valence-corrected chi connectivity index (χ0v) is 21.3. The highest BCUT2D eigenvalue weighted by Gasteiger charge is 2.79. The van der Waals surface area contributed by atoms with Crippen molar-refractivity contribution in [3.63, 3.8) is 0 Å². The highest BCUT2D eigenvalue weighted by molar-refractivity contribution is 5.90. The molecule has 2 N–H and O–H groups in total. The van der Waals surface area contributed by atoms with Gasteiger partial charge in [0.2, 0.25) is 0 Å². The number of Topliss-reactive ketones (excluding diaryl/α,β-unsaturated/α-hetero) is 1. The third-order valence-corrected chi connectivity index (χ3v) is 12.3. The van der Waals surface area contributed by atoms with Gasteiger partial charge in [-0.25, -0.2) is 8.78 Å². The van der Waals surface area contributed by atoms with E-state index in [0.717, 1.165) is 12.3 Å². The summed E-state index contributed by atoms with van der Waals surface area (Å²) in [4.78, 5) is 20.4. The minimum Gasteiger partial charge on any atom is -0.390 e. The lowest BCUT2D eigenvalue weighted by molar-refractivity contribution is -0.278. The van der Waals surface area contributed by atoms with Crippen LogP contribution in [0.5, 0.6) is 0 Å². The Balaban J connectivity index is 1.29. The molecule has 0 aromatic carbocycles. The molecule has 0 spiro atoms. The van der Waals surface area contributed by atoms with E-state index in [2.05, 4.69) is 0 Å². The number of carbonyl (C=O) groups excluding carboxylic acids is 1. The number of hydrogen-bond acceptors (Lipinski definition) is 5. The van der Waals surface area contributed by atoms with Gasteiger partial charge >= 0.3 is 0 Å². The number of carbonyl (C=O) groups is 1. The molecule has 5 nitrogen and oxygen atoms in total. The zero-order valence-electron chi connectivity index (χ0n) is 21.3. The second kappa shape index (κ2) is 7.49. The average Bonchev–Trinajstić information content (AvgIpc) is 3.61. The van der Waals surface area contributed by atoms with E-state index < -0.39 is 46.9 Å². The normalized spacial score (nSPS) is 57.2. The molecule has 6 aliphatic carbocycles. The van der Waals surface area contributed by atoms with Crippen LogP contribution < -0.4 is 0 Å². The number of fused-ring (bicyclic) bond motifs is 9. The fraction of sp³-hybridized carbons (Fsp3) is 0.828. The van der Waals surface area contributed by atoms with Crippen LogP contribution in [0.15, 0.2) is 23.8 Å². The van der Waals surface area contributed by atoms with Crippen LogP contribution in [-0.2, 0) is 9.63 Å². The number of halogens is 2. The summed E-state index contributed by atoms with van der Waals surface area (Å²) in [7, 11) is 0. The number of hydroxylamine groups is 2. The molecular weight excluding hydrogens is 464 g/mol. The predicted molar refractivity (Wildman–Crippen MR) is 129 cm³/mol. The van der Waals surface area contributed by atoms with E-state index >= 15 is 8.78 Å². The largest absolute Gasteiger partial charge is 0.390 e. The molecule has 2 bridgehead atoms. The Morgan fingerprint density at radius 3 is 2.69 bits per heavy atom. The van der Waals surface area contributed by atoms with Crippen molar-refractivity contribution in [3.05, 3.63) is 23.8 Å². The fourth-order valence-electron chi connectivity index (χ4n) is 10.8. The maximum atomic E-state index is 17.4.